The van der Waals surface area contributed by atoms with Crippen molar-refractivity contribution in [2.75, 3.05) is 26.4 Å². The minimum absolute atomic E-state index is 0.0382. The molecule has 0 rings (SSSR count). The molecule has 2 atom stereocenters. The maximum absolute atomic E-state index is 12.7. The van der Waals surface area contributed by atoms with E-state index >= 15 is 0 Å². The van der Waals surface area contributed by atoms with Gasteiger partial charge in [-0.25, -0.2) is 4.57 Å². The molecule has 0 aromatic carbocycles. The summed E-state index contributed by atoms with van der Waals surface area (Å²) in [6.45, 7) is 3.47. The summed E-state index contributed by atoms with van der Waals surface area (Å²) in [7, 11) is -4.42. The fraction of sp³-hybridized carbons (Fsp3) is 0.573. The summed E-state index contributed by atoms with van der Waals surface area (Å²) in [5, 5.41) is 0. The summed E-state index contributed by atoms with van der Waals surface area (Å²) in [5.74, 6) is -0.877. The van der Waals surface area contributed by atoms with Gasteiger partial charge in [-0.1, -0.05) is 280 Å². The Hall–Kier alpha value is -4.89. The van der Waals surface area contributed by atoms with Crippen LogP contribution in [0, 0.1) is 0 Å². The molecule has 0 fully saturated rings. The lowest BCUT2D eigenvalue weighted by Gasteiger charge is -2.19. The summed E-state index contributed by atoms with van der Waals surface area (Å²) in [6.07, 6.45) is 103. The fourth-order valence-corrected chi connectivity index (χ4v) is 9.22. The van der Waals surface area contributed by atoms with E-state index in [4.69, 9.17) is 24.3 Å². The van der Waals surface area contributed by atoms with E-state index in [0.717, 1.165) is 141 Å². The van der Waals surface area contributed by atoms with Gasteiger partial charge in [0.1, 0.15) is 6.61 Å². The summed E-state index contributed by atoms with van der Waals surface area (Å²) >= 11 is 0. The number of allylic oxidation sites excluding steroid dienone is 30. The fourth-order valence-electron chi connectivity index (χ4n) is 8.46. The number of ether oxygens (including phenoxy) is 2. The Morgan fingerprint density at radius 3 is 0.918 bits per heavy atom. The molecule has 3 N–H and O–H groups in total. The molecular formula is C75H120NO8P. The van der Waals surface area contributed by atoms with Crippen molar-refractivity contribution < 1.29 is 37.6 Å². The van der Waals surface area contributed by atoms with Gasteiger partial charge in [0.2, 0.25) is 0 Å². The van der Waals surface area contributed by atoms with Crippen molar-refractivity contribution in [2.45, 2.75) is 251 Å². The standard InChI is InChI=1S/C75H120NO8P/c1-3-5-7-9-11-13-15-17-19-21-23-25-27-29-31-32-33-34-35-36-37-38-39-40-42-44-46-48-50-52-54-56-58-60-62-64-66-68-75(78)84-73(72-83-85(79,80)82-70-69-76)71-81-74(77)67-65-63-61-59-57-55-53-51-49-47-45-43-41-30-28-26-24-22-20-18-16-14-12-10-8-6-4-2/h5-8,11-14,17-20,23-26,29,31,33-34,36-37,39-40,44,46,50,52,56,58,73H,3-4,9-10,15-16,21-22,27-28,30,32,35,38,41-43,45,47-49,51,53-55,57,59-72,76H2,1-2H3,(H,79,80)/b7-5-,8-6-,13-11-,14-12-,19-17-,20-18-,25-23-,26-24-,31-29-,34-33-,37-36-,40-39-,46-44-,52-50-,58-56-. The highest BCUT2D eigenvalue weighted by molar-refractivity contribution is 7.47. The predicted molar refractivity (Wildman–Crippen MR) is 366 cm³/mol. The van der Waals surface area contributed by atoms with E-state index in [1.54, 1.807) is 0 Å². The molecule has 0 heterocycles. The SMILES string of the molecule is CC/C=C\C/C=C\C/C=C\C/C=C\C/C=C\C/C=C\C/C=C\C/C=C\C/C=C\C/C=C\C/C=C\CCCCCC(=O)OC(COC(=O)CCCCCCCCCCCCCCCC/C=C\C/C=C\C/C=C\C/C=C\CC)COP(=O)(O)OCCN. The van der Waals surface area contributed by atoms with Crippen molar-refractivity contribution in [1.29, 1.82) is 0 Å². The summed E-state index contributed by atoms with van der Waals surface area (Å²) in [6, 6.07) is 0. The molecule has 0 spiro atoms. The summed E-state index contributed by atoms with van der Waals surface area (Å²) < 4.78 is 33.1. The van der Waals surface area contributed by atoms with Gasteiger partial charge >= 0.3 is 19.8 Å². The zero-order valence-electron chi connectivity index (χ0n) is 53.5. The number of unbranched alkanes of at least 4 members (excludes halogenated alkanes) is 17. The molecule has 478 valence electrons. The van der Waals surface area contributed by atoms with Crippen LogP contribution in [0.3, 0.4) is 0 Å². The molecule has 0 aromatic rings. The van der Waals surface area contributed by atoms with Crippen molar-refractivity contribution in [1.82, 2.24) is 0 Å². The third kappa shape index (κ3) is 68.1. The zero-order valence-corrected chi connectivity index (χ0v) is 54.4. The largest absolute Gasteiger partial charge is 0.472 e. The molecule has 0 aliphatic rings. The maximum Gasteiger partial charge on any atom is 0.472 e. The molecule has 0 aliphatic heterocycles. The van der Waals surface area contributed by atoms with Crippen LogP contribution in [0.4, 0.5) is 0 Å². The van der Waals surface area contributed by atoms with Gasteiger partial charge in [0.25, 0.3) is 0 Å². The van der Waals surface area contributed by atoms with Gasteiger partial charge in [0, 0.05) is 19.4 Å². The van der Waals surface area contributed by atoms with Gasteiger partial charge in [-0.05, 0) is 135 Å². The number of phosphoric ester groups is 1. The van der Waals surface area contributed by atoms with Gasteiger partial charge in [0.15, 0.2) is 6.10 Å². The minimum atomic E-state index is -4.42. The molecule has 0 bridgehead atoms. The number of rotatable bonds is 60. The molecular weight excluding hydrogens is 1070 g/mol. The Balaban J connectivity index is 4.06. The normalized spacial score (nSPS) is 14.2. The average molecular weight is 1190 g/mol. The Labute approximate surface area is 520 Å². The number of esters is 2. The molecule has 2 unspecified atom stereocenters. The number of hydrogen-bond acceptors (Lipinski definition) is 8. The molecule has 0 amide bonds. The molecule has 10 heteroatoms. The van der Waals surface area contributed by atoms with Crippen molar-refractivity contribution in [3.05, 3.63) is 182 Å². The number of hydrogen-bond donors (Lipinski definition) is 2. The highest BCUT2D eigenvalue weighted by Gasteiger charge is 2.26. The third-order valence-electron chi connectivity index (χ3n) is 13.3. The van der Waals surface area contributed by atoms with Crippen LogP contribution in [-0.4, -0.2) is 49.3 Å². The van der Waals surface area contributed by atoms with Crippen LogP contribution < -0.4 is 5.73 Å². The quantitative estimate of drug-likeness (QED) is 0.0264. The summed E-state index contributed by atoms with van der Waals surface area (Å²) in [4.78, 5) is 35.3. The average Bonchev–Trinajstić information content (AvgIpc) is 3.52. The Kier molecular flexibility index (Phi) is 64.3. The van der Waals surface area contributed by atoms with Gasteiger partial charge in [-0.2, -0.15) is 0 Å². The van der Waals surface area contributed by atoms with Crippen molar-refractivity contribution in [3.63, 3.8) is 0 Å². The van der Waals surface area contributed by atoms with Gasteiger partial charge in [-0.15, -0.1) is 0 Å². The molecule has 9 nitrogen and oxygen atoms in total. The second kappa shape index (κ2) is 68.2. The zero-order chi connectivity index (χ0) is 61.6. The Morgan fingerprint density at radius 2 is 0.612 bits per heavy atom. The lowest BCUT2D eigenvalue weighted by atomic mass is 10.0. The minimum Gasteiger partial charge on any atom is -0.462 e. The van der Waals surface area contributed by atoms with Crippen LogP contribution in [-0.2, 0) is 32.7 Å². The first-order valence-corrected chi connectivity index (χ1v) is 34.8. The highest BCUT2D eigenvalue weighted by atomic mass is 31.2. The number of phosphoric acid groups is 1. The Morgan fingerprint density at radius 1 is 0.353 bits per heavy atom. The third-order valence-corrected chi connectivity index (χ3v) is 14.3. The van der Waals surface area contributed by atoms with E-state index in [1.807, 2.05) is 0 Å². The monoisotopic (exact) mass is 1190 g/mol. The topological polar surface area (TPSA) is 134 Å². The number of carbonyl (C=O) groups is 2. The summed E-state index contributed by atoms with van der Waals surface area (Å²) in [5.41, 5.74) is 5.39. The molecule has 0 aromatic heterocycles. The van der Waals surface area contributed by atoms with Crippen LogP contribution in [0.25, 0.3) is 0 Å². The first-order chi connectivity index (χ1) is 41.8. The van der Waals surface area contributed by atoms with E-state index in [-0.39, 0.29) is 32.6 Å². The van der Waals surface area contributed by atoms with E-state index < -0.39 is 32.5 Å². The van der Waals surface area contributed by atoms with Crippen molar-refractivity contribution >= 4 is 19.8 Å². The molecule has 0 aliphatic carbocycles. The van der Waals surface area contributed by atoms with Crippen LogP contribution in [0.5, 0.6) is 0 Å². The van der Waals surface area contributed by atoms with Gasteiger partial charge in [-0.3, -0.25) is 18.6 Å². The first-order valence-electron chi connectivity index (χ1n) is 33.3. The maximum atomic E-state index is 12.7. The smallest absolute Gasteiger partial charge is 0.462 e. The van der Waals surface area contributed by atoms with Crippen LogP contribution in [0.1, 0.15) is 245 Å². The van der Waals surface area contributed by atoms with Gasteiger partial charge in [0.05, 0.1) is 13.2 Å². The van der Waals surface area contributed by atoms with Crippen LogP contribution in [0.2, 0.25) is 0 Å². The second-order valence-corrected chi connectivity index (χ2v) is 22.7. The van der Waals surface area contributed by atoms with E-state index in [0.29, 0.717) is 6.42 Å². The van der Waals surface area contributed by atoms with Crippen molar-refractivity contribution in [2.24, 2.45) is 5.73 Å². The number of nitrogens with two attached hydrogens (primary N) is 1. The van der Waals surface area contributed by atoms with Crippen LogP contribution >= 0.6 is 7.82 Å². The Bertz CT molecular complexity index is 2040. The highest BCUT2D eigenvalue weighted by Crippen LogP contribution is 2.43. The predicted octanol–water partition coefficient (Wildman–Crippen LogP) is 22.0. The molecule has 0 saturated carbocycles. The van der Waals surface area contributed by atoms with E-state index in [2.05, 4.69) is 196 Å². The number of carbonyl (C=O) groups excluding carboxylic acids is 2. The first kappa shape index (κ1) is 80.1. The van der Waals surface area contributed by atoms with Gasteiger partial charge < -0.3 is 20.1 Å². The molecule has 0 saturated heterocycles. The van der Waals surface area contributed by atoms with E-state index in [9.17, 15) is 19.0 Å². The molecule has 0 radical (unpaired) electrons. The lowest BCUT2D eigenvalue weighted by Crippen LogP contribution is -2.29. The van der Waals surface area contributed by atoms with Crippen molar-refractivity contribution in [3.8, 4) is 0 Å². The van der Waals surface area contributed by atoms with E-state index in [1.165, 1.54) is 70.6 Å². The lowest BCUT2D eigenvalue weighted by molar-refractivity contribution is -0.161. The van der Waals surface area contributed by atoms with Crippen LogP contribution in [0.15, 0.2) is 182 Å². The second-order valence-electron chi connectivity index (χ2n) is 21.2. The molecule has 85 heavy (non-hydrogen) atoms.